The van der Waals surface area contributed by atoms with Gasteiger partial charge in [-0.25, -0.2) is 0 Å². The maximum Gasteiger partial charge on any atom is 0.0714 e. The highest BCUT2D eigenvalue weighted by molar-refractivity contribution is 5.49. The Hall–Kier alpha value is -1.76. The van der Waals surface area contributed by atoms with E-state index in [1.54, 1.807) is 0 Å². The Morgan fingerprint density at radius 2 is 1.88 bits per heavy atom. The van der Waals surface area contributed by atoms with Gasteiger partial charge in [-0.15, -0.1) is 0 Å². The van der Waals surface area contributed by atoms with Gasteiger partial charge in [0.15, 0.2) is 0 Å². The van der Waals surface area contributed by atoms with Gasteiger partial charge in [0.1, 0.15) is 0 Å². The van der Waals surface area contributed by atoms with Crippen LogP contribution in [0.5, 0.6) is 0 Å². The highest BCUT2D eigenvalue weighted by Crippen LogP contribution is 2.20. The predicted octanol–water partition coefficient (Wildman–Crippen LogP) is 4.32. The van der Waals surface area contributed by atoms with Crippen LogP contribution >= 0.6 is 0 Å². The molecular weight excluding hydrogens is 206 g/mol. The van der Waals surface area contributed by atoms with Gasteiger partial charge >= 0.3 is 0 Å². The minimum absolute atomic E-state index is 0.113. The van der Waals surface area contributed by atoms with Gasteiger partial charge in [0.25, 0.3) is 0 Å². The van der Waals surface area contributed by atoms with E-state index in [2.05, 4.69) is 61.7 Å². The van der Waals surface area contributed by atoms with E-state index in [1.807, 2.05) is 18.2 Å². The summed E-state index contributed by atoms with van der Waals surface area (Å²) in [7, 11) is 0. The van der Waals surface area contributed by atoms with Crippen LogP contribution < -0.4 is 5.32 Å². The van der Waals surface area contributed by atoms with Crippen molar-refractivity contribution in [3.63, 3.8) is 0 Å². The lowest BCUT2D eigenvalue weighted by Gasteiger charge is -2.26. The summed E-state index contributed by atoms with van der Waals surface area (Å²) in [5.74, 6) is 0. The predicted molar refractivity (Wildman–Crippen MR) is 75.1 cm³/mol. The van der Waals surface area contributed by atoms with Crippen molar-refractivity contribution >= 4 is 5.69 Å². The SMILES string of the molecule is C/C1=C\C=C/C(C)(Nc2ccccc2)/C=C\C1. The summed E-state index contributed by atoms with van der Waals surface area (Å²) >= 11 is 0. The maximum atomic E-state index is 3.54. The first-order valence-electron chi connectivity index (χ1n) is 6.04. The largest absolute Gasteiger partial charge is 0.373 e. The van der Waals surface area contributed by atoms with Gasteiger partial charge in [-0.3, -0.25) is 0 Å². The van der Waals surface area contributed by atoms with E-state index < -0.39 is 0 Å². The molecule has 1 N–H and O–H groups in total. The lowest BCUT2D eigenvalue weighted by atomic mass is 9.97. The summed E-state index contributed by atoms with van der Waals surface area (Å²) in [4.78, 5) is 0. The Morgan fingerprint density at radius 3 is 2.65 bits per heavy atom. The third-order valence-electron chi connectivity index (χ3n) is 2.91. The molecule has 88 valence electrons. The molecule has 0 heterocycles. The van der Waals surface area contributed by atoms with E-state index >= 15 is 0 Å². The molecule has 2 rings (SSSR count). The number of hydrogen-bond donors (Lipinski definition) is 1. The number of nitrogens with one attached hydrogen (secondary N) is 1. The molecule has 1 unspecified atom stereocenters. The summed E-state index contributed by atoms with van der Waals surface area (Å²) in [5.41, 5.74) is 2.42. The van der Waals surface area contributed by atoms with E-state index in [0.717, 1.165) is 12.1 Å². The average molecular weight is 225 g/mol. The number of allylic oxidation sites excluding steroid dienone is 4. The van der Waals surface area contributed by atoms with Crippen LogP contribution in [-0.2, 0) is 0 Å². The Labute approximate surface area is 104 Å². The molecule has 1 aliphatic rings. The summed E-state index contributed by atoms with van der Waals surface area (Å²) < 4.78 is 0. The van der Waals surface area contributed by atoms with Crippen molar-refractivity contribution in [3.05, 3.63) is 66.3 Å². The Kier molecular flexibility index (Phi) is 3.48. The van der Waals surface area contributed by atoms with Gasteiger partial charge in [-0.1, -0.05) is 54.2 Å². The minimum Gasteiger partial charge on any atom is -0.373 e. The van der Waals surface area contributed by atoms with Gasteiger partial charge in [0.2, 0.25) is 0 Å². The van der Waals surface area contributed by atoms with Crippen LogP contribution in [0.25, 0.3) is 0 Å². The van der Waals surface area contributed by atoms with E-state index in [4.69, 9.17) is 0 Å². The molecule has 0 aromatic heterocycles. The lowest BCUT2D eigenvalue weighted by Crippen LogP contribution is -2.29. The average Bonchev–Trinajstić information content (AvgIpc) is 2.28. The quantitative estimate of drug-likeness (QED) is 0.739. The highest BCUT2D eigenvalue weighted by Gasteiger charge is 2.16. The van der Waals surface area contributed by atoms with Crippen LogP contribution in [0.4, 0.5) is 5.69 Å². The molecule has 1 aromatic carbocycles. The molecule has 1 atom stereocenters. The Morgan fingerprint density at radius 1 is 1.12 bits per heavy atom. The minimum atomic E-state index is -0.113. The Balaban J connectivity index is 2.19. The molecule has 0 saturated heterocycles. The molecule has 0 saturated carbocycles. The molecule has 0 amide bonds. The van der Waals surface area contributed by atoms with Gasteiger partial charge in [0.05, 0.1) is 5.54 Å². The third-order valence-corrected chi connectivity index (χ3v) is 2.91. The zero-order valence-corrected chi connectivity index (χ0v) is 10.5. The number of benzene rings is 1. The molecule has 0 bridgehead atoms. The third kappa shape index (κ3) is 3.35. The van der Waals surface area contributed by atoms with Crippen LogP contribution in [0.2, 0.25) is 0 Å². The normalized spacial score (nSPS) is 30.6. The first kappa shape index (κ1) is 11.7. The fourth-order valence-corrected chi connectivity index (χ4v) is 1.94. The second-order valence-corrected chi connectivity index (χ2v) is 4.75. The first-order chi connectivity index (χ1) is 8.18. The topological polar surface area (TPSA) is 12.0 Å². The van der Waals surface area contributed by atoms with E-state index in [-0.39, 0.29) is 5.54 Å². The maximum absolute atomic E-state index is 3.54. The number of rotatable bonds is 2. The number of anilines is 1. The molecule has 17 heavy (non-hydrogen) atoms. The summed E-state index contributed by atoms with van der Waals surface area (Å²) in [6.07, 6.45) is 12.0. The van der Waals surface area contributed by atoms with Crippen molar-refractivity contribution in [2.75, 3.05) is 5.32 Å². The summed E-state index contributed by atoms with van der Waals surface area (Å²) in [5, 5.41) is 3.54. The molecule has 0 aliphatic heterocycles. The van der Waals surface area contributed by atoms with E-state index in [1.165, 1.54) is 5.57 Å². The van der Waals surface area contributed by atoms with Gasteiger partial charge < -0.3 is 5.32 Å². The zero-order chi connectivity index (χ0) is 12.1. The van der Waals surface area contributed by atoms with Crippen molar-refractivity contribution in [1.82, 2.24) is 0 Å². The fraction of sp³-hybridized carbons (Fsp3) is 0.250. The molecule has 1 aromatic rings. The van der Waals surface area contributed by atoms with Gasteiger partial charge in [0, 0.05) is 5.69 Å². The Bertz CT molecular complexity index is 454. The molecule has 1 heteroatoms. The van der Waals surface area contributed by atoms with E-state index in [9.17, 15) is 0 Å². The van der Waals surface area contributed by atoms with Crippen LogP contribution in [0.3, 0.4) is 0 Å². The van der Waals surface area contributed by atoms with Crippen LogP contribution in [0, 0.1) is 0 Å². The van der Waals surface area contributed by atoms with Gasteiger partial charge in [-0.2, -0.15) is 0 Å². The number of hydrogen-bond acceptors (Lipinski definition) is 1. The van der Waals surface area contributed by atoms with Crippen LogP contribution in [-0.4, -0.2) is 5.54 Å². The second kappa shape index (κ2) is 5.05. The monoisotopic (exact) mass is 225 g/mol. The number of para-hydroxylation sites is 1. The van der Waals surface area contributed by atoms with Crippen molar-refractivity contribution in [2.24, 2.45) is 0 Å². The van der Waals surface area contributed by atoms with Crippen LogP contribution in [0.1, 0.15) is 20.3 Å². The molecule has 0 fully saturated rings. The first-order valence-corrected chi connectivity index (χ1v) is 6.04. The zero-order valence-electron chi connectivity index (χ0n) is 10.5. The van der Waals surface area contributed by atoms with Crippen molar-refractivity contribution in [1.29, 1.82) is 0 Å². The molecular formula is C16H19N. The molecule has 0 radical (unpaired) electrons. The van der Waals surface area contributed by atoms with Crippen molar-refractivity contribution in [3.8, 4) is 0 Å². The van der Waals surface area contributed by atoms with Crippen LogP contribution in [0.15, 0.2) is 66.3 Å². The molecule has 1 nitrogen and oxygen atoms in total. The second-order valence-electron chi connectivity index (χ2n) is 4.75. The molecule has 1 aliphatic carbocycles. The lowest BCUT2D eigenvalue weighted by molar-refractivity contribution is 0.793. The van der Waals surface area contributed by atoms with Gasteiger partial charge in [-0.05, 0) is 32.4 Å². The summed E-state index contributed by atoms with van der Waals surface area (Å²) in [6.45, 7) is 4.34. The van der Waals surface area contributed by atoms with E-state index in [0.29, 0.717) is 0 Å². The standard InChI is InChI=1S/C16H19N/c1-14-8-6-12-16(2,13-7-9-14)17-15-10-4-3-5-11-15/h3-8,10-13,17H,9H2,1-2H3/b12-6-,13-7-,14-8+. The van der Waals surface area contributed by atoms with Crippen molar-refractivity contribution in [2.45, 2.75) is 25.8 Å². The molecule has 0 spiro atoms. The fourth-order valence-electron chi connectivity index (χ4n) is 1.94. The van der Waals surface area contributed by atoms with Crippen molar-refractivity contribution < 1.29 is 0 Å². The smallest absolute Gasteiger partial charge is 0.0714 e. The summed E-state index contributed by atoms with van der Waals surface area (Å²) in [6, 6.07) is 10.3. The highest BCUT2D eigenvalue weighted by atomic mass is 15.0.